The number of urea groups is 1. The van der Waals surface area contributed by atoms with Crippen molar-refractivity contribution in [3.05, 3.63) is 47.2 Å². The molecule has 7 nitrogen and oxygen atoms in total. The van der Waals surface area contributed by atoms with E-state index in [0.717, 1.165) is 23.4 Å². The average Bonchev–Trinajstić information content (AvgIpc) is 3.25. The molecule has 2 aliphatic rings. The fraction of sp³-hybridized carbons (Fsp3) is 0.350. The first kappa shape index (κ1) is 18.6. The van der Waals surface area contributed by atoms with Crippen molar-refractivity contribution in [3.63, 3.8) is 0 Å². The topological polar surface area (TPSA) is 91.7 Å². The van der Waals surface area contributed by atoms with Crippen LogP contribution in [0.3, 0.4) is 0 Å². The van der Waals surface area contributed by atoms with Crippen LogP contribution in [0, 0.1) is 5.92 Å². The third-order valence-electron chi connectivity index (χ3n) is 5.46. The second-order valence-electron chi connectivity index (χ2n) is 7.45. The molecule has 0 radical (unpaired) electrons. The summed E-state index contributed by atoms with van der Waals surface area (Å²) in [6.45, 7) is 2.13. The quantitative estimate of drug-likeness (QED) is 0.766. The number of nitrogens with zero attached hydrogens (tertiary/aromatic N) is 1. The van der Waals surface area contributed by atoms with Gasteiger partial charge in [0.2, 0.25) is 0 Å². The van der Waals surface area contributed by atoms with Crippen molar-refractivity contribution in [2.24, 2.45) is 5.92 Å². The van der Waals surface area contributed by atoms with Gasteiger partial charge in [0.05, 0.1) is 0 Å². The number of benzene rings is 1. The number of imide groups is 1. The Labute approximate surface area is 167 Å². The number of hydrazine groups is 1. The van der Waals surface area contributed by atoms with Gasteiger partial charge >= 0.3 is 11.9 Å². The molecule has 2 aromatic rings. The minimum absolute atomic E-state index is 0.00349. The van der Waals surface area contributed by atoms with E-state index < -0.39 is 23.4 Å². The van der Waals surface area contributed by atoms with E-state index in [4.69, 9.17) is 16.0 Å². The van der Waals surface area contributed by atoms with Crippen LogP contribution in [0.4, 0.5) is 4.79 Å². The summed E-state index contributed by atoms with van der Waals surface area (Å²) >= 11 is 5.88. The fourth-order valence-corrected chi connectivity index (χ4v) is 3.83. The van der Waals surface area contributed by atoms with E-state index in [-0.39, 0.29) is 5.76 Å². The highest BCUT2D eigenvalue weighted by molar-refractivity contribution is 6.30. The van der Waals surface area contributed by atoms with Crippen LogP contribution in [0.5, 0.6) is 0 Å². The Hall–Kier alpha value is -2.80. The van der Waals surface area contributed by atoms with Crippen LogP contribution in [0.1, 0.15) is 43.2 Å². The summed E-state index contributed by atoms with van der Waals surface area (Å²) in [5.41, 5.74) is 2.22. The number of halogens is 1. The number of carbonyl (C=O) groups is 3. The maximum Gasteiger partial charge on any atom is 0.344 e. The Morgan fingerprint density at radius 2 is 1.86 bits per heavy atom. The third-order valence-corrected chi connectivity index (χ3v) is 5.71. The summed E-state index contributed by atoms with van der Waals surface area (Å²) in [5.74, 6) is -0.0685. The van der Waals surface area contributed by atoms with Crippen molar-refractivity contribution in [1.82, 2.24) is 15.8 Å². The van der Waals surface area contributed by atoms with Crippen molar-refractivity contribution in [2.75, 3.05) is 0 Å². The van der Waals surface area contributed by atoms with E-state index in [0.29, 0.717) is 29.5 Å². The van der Waals surface area contributed by atoms with E-state index in [1.807, 2.05) is 0 Å². The fourth-order valence-electron chi connectivity index (χ4n) is 3.70. The number of hydrogen-bond donors (Lipinski definition) is 2. The number of nitrogens with one attached hydrogen (secondary N) is 2. The predicted molar refractivity (Wildman–Crippen MR) is 102 cm³/mol. The smallest absolute Gasteiger partial charge is 0.344 e. The number of furan rings is 1. The molecule has 2 heterocycles. The molecular weight excluding hydrogens is 382 g/mol. The molecule has 4 rings (SSSR count). The molecule has 0 bridgehead atoms. The normalized spacial score (nSPS) is 24.5. The molecule has 1 aliphatic heterocycles. The van der Waals surface area contributed by atoms with Crippen LogP contribution in [0.25, 0.3) is 11.3 Å². The molecular formula is C20H20ClN3O4. The molecule has 1 saturated heterocycles. The molecule has 2 fully saturated rings. The predicted octanol–water partition coefficient (Wildman–Crippen LogP) is 3.75. The minimum Gasteiger partial charge on any atom is -0.451 e. The highest BCUT2D eigenvalue weighted by Gasteiger charge is 2.53. The van der Waals surface area contributed by atoms with Crippen LogP contribution in [0.15, 0.2) is 40.8 Å². The van der Waals surface area contributed by atoms with Gasteiger partial charge in [-0.3, -0.25) is 9.59 Å². The standard InChI is InChI=1S/C20H20ClN3O4/c1-12-8-10-20(11-9-12)18(26)24(19(27)22-20)23-17(25)16-7-6-15(28-16)13-2-4-14(21)5-3-13/h2-7,12H,8-11H2,1H3,(H,22,27)(H,23,25). The summed E-state index contributed by atoms with van der Waals surface area (Å²) in [5, 5.41) is 4.12. The summed E-state index contributed by atoms with van der Waals surface area (Å²) < 4.78 is 5.58. The van der Waals surface area contributed by atoms with E-state index in [1.54, 1.807) is 30.3 Å². The molecule has 146 valence electrons. The largest absolute Gasteiger partial charge is 0.451 e. The van der Waals surface area contributed by atoms with Crippen LogP contribution < -0.4 is 10.7 Å². The first-order valence-corrected chi connectivity index (χ1v) is 9.59. The number of amides is 4. The first-order valence-electron chi connectivity index (χ1n) is 9.21. The van der Waals surface area contributed by atoms with Gasteiger partial charge in [-0.15, -0.1) is 0 Å². The van der Waals surface area contributed by atoms with Crippen molar-refractivity contribution >= 4 is 29.4 Å². The highest BCUT2D eigenvalue weighted by atomic mass is 35.5. The number of carbonyl (C=O) groups excluding carboxylic acids is 3. The maximum absolute atomic E-state index is 12.8. The Balaban J connectivity index is 1.47. The zero-order valence-electron chi connectivity index (χ0n) is 15.3. The lowest BCUT2D eigenvalue weighted by atomic mass is 9.77. The summed E-state index contributed by atoms with van der Waals surface area (Å²) in [4.78, 5) is 37.6. The molecule has 1 spiro atoms. The minimum atomic E-state index is -0.908. The second kappa shape index (κ2) is 6.98. The summed E-state index contributed by atoms with van der Waals surface area (Å²) in [6, 6.07) is 9.51. The van der Waals surface area contributed by atoms with Crippen molar-refractivity contribution in [1.29, 1.82) is 0 Å². The number of hydrogen-bond acceptors (Lipinski definition) is 4. The van der Waals surface area contributed by atoms with Gasteiger partial charge in [0.15, 0.2) is 5.76 Å². The third kappa shape index (κ3) is 3.26. The van der Waals surface area contributed by atoms with Gasteiger partial charge < -0.3 is 9.73 Å². The molecule has 1 aromatic heterocycles. The van der Waals surface area contributed by atoms with E-state index in [9.17, 15) is 14.4 Å². The maximum atomic E-state index is 12.8. The van der Waals surface area contributed by atoms with E-state index >= 15 is 0 Å². The summed E-state index contributed by atoms with van der Waals surface area (Å²) in [7, 11) is 0. The molecule has 28 heavy (non-hydrogen) atoms. The van der Waals surface area contributed by atoms with E-state index in [2.05, 4.69) is 17.7 Å². The molecule has 0 unspecified atom stereocenters. The van der Waals surface area contributed by atoms with Crippen LogP contribution in [0.2, 0.25) is 5.02 Å². The van der Waals surface area contributed by atoms with Crippen molar-refractivity contribution < 1.29 is 18.8 Å². The Bertz CT molecular complexity index is 929. The zero-order valence-corrected chi connectivity index (χ0v) is 16.1. The van der Waals surface area contributed by atoms with Crippen LogP contribution in [-0.4, -0.2) is 28.4 Å². The lowest BCUT2D eigenvalue weighted by molar-refractivity contribution is -0.134. The molecule has 1 aromatic carbocycles. The molecule has 1 saturated carbocycles. The monoisotopic (exact) mass is 401 g/mol. The van der Waals surface area contributed by atoms with Gasteiger partial charge in [0, 0.05) is 10.6 Å². The van der Waals surface area contributed by atoms with Gasteiger partial charge in [-0.2, -0.15) is 5.01 Å². The molecule has 1 aliphatic carbocycles. The summed E-state index contributed by atoms with van der Waals surface area (Å²) in [6.07, 6.45) is 2.87. The van der Waals surface area contributed by atoms with Gasteiger partial charge in [-0.1, -0.05) is 18.5 Å². The number of rotatable bonds is 3. The van der Waals surface area contributed by atoms with Gasteiger partial charge in [0.25, 0.3) is 5.91 Å². The molecule has 8 heteroatoms. The van der Waals surface area contributed by atoms with Crippen molar-refractivity contribution in [3.8, 4) is 11.3 Å². The van der Waals surface area contributed by atoms with E-state index in [1.165, 1.54) is 6.07 Å². The Kier molecular flexibility index (Phi) is 4.63. The van der Waals surface area contributed by atoms with Crippen molar-refractivity contribution in [2.45, 2.75) is 38.1 Å². The van der Waals surface area contributed by atoms with Gasteiger partial charge in [-0.25, -0.2) is 10.2 Å². The lowest BCUT2D eigenvalue weighted by Crippen LogP contribution is -2.51. The van der Waals surface area contributed by atoms with Crippen LogP contribution in [-0.2, 0) is 4.79 Å². The lowest BCUT2D eigenvalue weighted by Gasteiger charge is -2.33. The Morgan fingerprint density at radius 3 is 2.54 bits per heavy atom. The SMILES string of the molecule is CC1CCC2(CC1)NC(=O)N(NC(=O)c1ccc(-c3ccc(Cl)cc3)o1)C2=O. The Morgan fingerprint density at radius 1 is 1.18 bits per heavy atom. The van der Waals surface area contributed by atoms with Gasteiger partial charge in [0.1, 0.15) is 11.3 Å². The van der Waals surface area contributed by atoms with Crippen LogP contribution >= 0.6 is 11.6 Å². The second-order valence-corrected chi connectivity index (χ2v) is 7.88. The molecule has 2 N–H and O–H groups in total. The molecule has 0 atom stereocenters. The average molecular weight is 402 g/mol. The first-order chi connectivity index (χ1) is 13.4. The molecule has 4 amide bonds. The zero-order chi connectivity index (χ0) is 19.9. The highest BCUT2D eigenvalue weighted by Crippen LogP contribution is 2.36. The van der Waals surface area contributed by atoms with Gasteiger partial charge in [-0.05, 0) is 68.0 Å².